The highest BCUT2D eigenvalue weighted by atomic mass is 79.9. The van der Waals surface area contributed by atoms with Crippen molar-refractivity contribution in [2.24, 2.45) is 17.3 Å². The van der Waals surface area contributed by atoms with Crippen molar-refractivity contribution in [3.8, 4) is 0 Å². The lowest BCUT2D eigenvalue weighted by Gasteiger charge is -2.27. The van der Waals surface area contributed by atoms with E-state index in [1.165, 1.54) is 0 Å². The van der Waals surface area contributed by atoms with Gasteiger partial charge in [0.05, 0.1) is 13.2 Å². The summed E-state index contributed by atoms with van der Waals surface area (Å²) in [5.41, 5.74) is -1.17. The number of ether oxygens (including phenoxy) is 2. The van der Waals surface area contributed by atoms with Crippen molar-refractivity contribution < 1.29 is 19.1 Å². The molecule has 0 bridgehead atoms. The third kappa shape index (κ3) is 7.55. The highest BCUT2D eigenvalue weighted by Crippen LogP contribution is 2.30. The van der Waals surface area contributed by atoms with Crippen LogP contribution in [0.15, 0.2) is 0 Å². The van der Waals surface area contributed by atoms with Gasteiger partial charge in [-0.05, 0) is 37.5 Å². The summed E-state index contributed by atoms with van der Waals surface area (Å²) < 4.78 is 10.7. The van der Waals surface area contributed by atoms with Gasteiger partial charge in [-0.1, -0.05) is 59.6 Å². The van der Waals surface area contributed by atoms with Gasteiger partial charge in [0.2, 0.25) is 0 Å². The SMILES string of the molecule is CCC(CC)(C(=O)OCCC(C)CBr)C(=O)OCCC(C)CBr. The lowest BCUT2D eigenvalue weighted by molar-refractivity contribution is -0.173. The highest BCUT2D eigenvalue weighted by molar-refractivity contribution is 9.09. The molecule has 0 saturated carbocycles. The van der Waals surface area contributed by atoms with E-state index in [0.29, 0.717) is 37.9 Å². The number of hydrogen-bond acceptors (Lipinski definition) is 4. The predicted octanol–water partition coefficient (Wildman–Crippen LogP) is 4.72. The fraction of sp³-hybridized carbons (Fsp3) is 0.882. The van der Waals surface area contributed by atoms with Crippen LogP contribution in [0, 0.1) is 17.3 Å². The van der Waals surface area contributed by atoms with Crippen LogP contribution in [0.25, 0.3) is 0 Å². The summed E-state index contributed by atoms with van der Waals surface area (Å²) in [6.07, 6.45) is 2.34. The summed E-state index contributed by atoms with van der Waals surface area (Å²) in [7, 11) is 0. The van der Waals surface area contributed by atoms with Crippen LogP contribution < -0.4 is 0 Å². The van der Waals surface area contributed by atoms with Crippen LogP contribution in [0.3, 0.4) is 0 Å². The monoisotopic (exact) mass is 456 g/mol. The van der Waals surface area contributed by atoms with E-state index in [1.807, 2.05) is 13.8 Å². The van der Waals surface area contributed by atoms with Gasteiger partial charge in [0, 0.05) is 10.7 Å². The molecule has 4 nitrogen and oxygen atoms in total. The molecule has 0 aliphatic rings. The van der Waals surface area contributed by atoms with Crippen LogP contribution in [-0.2, 0) is 19.1 Å². The minimum Gasteiger partial charge on any atom is -0.465 e. The molecule has 0 aliphatic heterocycles. The molecule has 6 heteroatoms. The van der Waals surface area contributed by atoms with Gasteiger partial charge < -0.3 is 9.47 Å². The molecule has 0 radical (unpaired) electrons. The average Bonchev–Trinajstić information content (AvgIpc) is 2.56. The Morgan fingerprint density at radius 3 is 1.48 bits per heavy atom. The van der Waals surface area contributed by atoms with Crippen molar-refractivity contribution in [3.05, 3.63) is 0 Å². The first kappa shape index (κ1) is 22.9. The van der Waals surface area contributed by atoms with Crippen LogP contribution in [0.2, 0.25) is 0 Å². The van der Waals surface area contributed by atoms with Crippen molar-refractivity contribution in [2.45, 2.75) is 53.4 Å². The van der Waals surface area contributed by atoms with Crippen molar-refractivity contribution >= 4 is 43.8 Å². The number of rotatable bonds is 12. The number of esters is 2. The Bertz CT molecular complexity index is 327. The van der Waals surface area contributed by atoms with Crippen molar-refractivity contribution in [3.63, 3.8) is 0 Å². The molecule has 23 heavy (non-hydrogen) atoms. The Balaban J connectivity index is 4.62. The van der Waals surface area contributed by atoms with Crippen LogP contribution in [0.1, 0.15) is 53.4 Å². The molecular weight excluding hydrogens is 428 g/mol. The lowest BCUT2D eigenvalue weighted by Crippen LogP contribution is -2.41. The molecule has 2 unspecified atom stereocenters. The number of halogens is 2. The second kappa shape index (κ2) is 12.3. The van der Waals surface area contributed by atoms with Gasteiger partial charge in [0.1, 0.15) is 0 Å². The fourth-order valence-corrected chi connectivity index (χ4v) is 2.69. The van der Waals surface area contributed by atoms with E-state index in [1.54, 1.807) is 0 Å². The third-order valence-corrected chi connectivity index (χ3v) is 6.41. The van der Waals surface area contributed by atoms with E-state index < -0.39 is 17.4 Å². The Morgan fingerprint density at radius 1 is 0.870 bits per heavy atom. The van der Waals surface area contributed by atoms with E-state index in [2.05, 4.69) is 45.7 Å². The maximum atomic E-state index is 12.4. The molecule has 0 saturated heterocycles. The molecule has 0 spiro atoms. The molecule has 0 aliphatic carbocycles. The maximum Gasteiger partial charge on any atom is 0.323 e. The van der Waals surface area contributed by atoms with Gasteiger partial charge in [-0.2, -0.15) is 0 Å². The Kier molecular flexibility index (Phi) is 12.2. The van der Waals surface area contributed by atoms with Crippen molar-refractivity contribution in [2.75, 3.05) is 23.9 Å². The maximum absolute atomic E-state index is 12.4. The Morgan fingerprint density at radius 2 is 1.22 bits per heavy atom. The predicted molar refractivity (Wildman–Crippen MR) is 100 cm³/mol. The van der Waals surface area contributed by atoms with Gasteiger partial charge in [0.15, 0.2) is 5.41 Å². The van der Waals surface area contributed by atoms with E-state index in [0.717, 1.165) is 23.5 Å². The van der Waals surface area contributed by atoms with E-state index in [-0.39, 0.29) is 0 Å². The fourth-order valence-electron chi connectivity index (χ4n) is 2.05. The first-order valence-corrected chi connectivity index (χ1v) is 10.6. The lowest BCUT2D eigenvalue weighted by atomic mass is 9.82. The van der Waals surface area contributed by atoms with Gasteiger partial charge in [-0.25, -0.2) is 0 Å². The molecule has 0 amide bonds. The van der Waals surface area contributed by atoms with Crippen LogP contribution in [-0.4, -0.2) is 35.8 Å². The van der Waals surface area contributed by atoms with Crippen LogP contribution >= 0.6 is 31.9 Å². The Labute approximate surface area is 157 Å². The average molecular weight is 458 g/mol. The van der Waals surface area contributed by atoms with Crippen LogP contribution in [0.5, 0.6) is 0 Å². The number of carbonyl (C=O) groups is 2. The number of alkyl halides is 2. The summed E-state index contributed by atoms with van der Waals surface area (Å²) in [5.74, 6) is -0.0538. The van der Waals surface area contributed by atoms with E-state index in [9.17, 15) is 9.59 Å². The Hall–Kier alpha value is -0.100. The topological polar surface area (TPSA) is 52.6 Å². The molecule has 0 aromatic rings. The molecule has 0 fully saturated rings. The van der Waals surface area contributed by atoms with E-state index in [4.69, 9.17) is 9.47 Å². The molecule has 0 N–H and O–H groups in total. The van der Waals surface area contributed by atoms with Gasteiger partial charge in [0.25, 0.3) is 0 Å². The summed E-state index contributed by atoms with van der Waals surface area (Å²) in [6.45, 7) is 8.48. The van der Waals surface area contributed by atoms with Gasteiger partial charge in [-0.3, -0.25) is 9.59 Å². The van der Waals surface area contributed by atoms with Crippen molar-refractivity contribution in [1.29, 1.82) is 0 Å². The standard InChI is InChI=1S/C17H30Br2O4/c1-5-17(6-2,15(20)22-9-7-13(3)11-18)16(21)23-10-8-14(4)12-19/h13-14H,5-12H2,1-4H3. The van der Waals surface area contributed by atoms with E-state index >= 15 is 0 Å². The third-order valence-electron chi connectivity index (χ3n) is 4.20. The molecule has 2 atom stereocenters. The summed E-state index contributed by atoms with van der Waals surface area (Å²) in [5, 5.41) is 1.73. The number of hydrogen-bond donors (Lipinski definition) is 0. The summed E-state index contributed by atoms with van der Waals surface area (Å²) >= 11 is 6.80. The smallest absolute Gasteiger partial charge is 0.323 e. The molecule has 0 heterocycles. The minimum absolute atomic E-state index is 0.335. The molecule has 136 valence electrons. The molecule has 0 aromatic carbocycles. The summed E-state index contributed by atoms with van der Waals surface area (Å²) in [4.78, 5) is 24.9. The molecule has 0 aromatic heterocycles. The second-order valence-electron chi connectivity index (χ2n) is 6.16. The minimum atomic E-state index is -1.17. The highest BCUT2D eigenvalue weighted by Gasteiger charge is 2.45. The zero-order valence-corrected chi connectivity index (χ0v) is 17.9. The number of carbonyl (C=O) groups excluding carboxylic acids is 2. The normalized spacial score (nSPS) is 14.2. The quantitative estimate of drug-likeness (QED) is 0.241. The molecule has 0 rings (SSSR count). The van der Waals surface area contributed by atoms with Crippen LogP contribution in [0.4, 0.5) is 0 Å². The van der Waals surface area contributed by atoms with Crippen molar-refractivity contribution in [1.82, 2.24) is 0 Å². The first-order chi connectivity index (χ1) is 10.9. The zero-order chi connectivity index (χ0) is 17.9. The zero-order valence-electron chi connectivity index (χ0n) is 14.7. The largest absolute Gasteiger partial charge is 0.465 e. The second-order valence-corrected chi connectivity index (χ2v) is 7.45. The first-order valence-electron chi connectivity index (χ1n) is 8.34. The summed E-state index contributed by atoms with van der Waals surface area (Å²) in [6, 6.07) is 0. The molecular formula is C17H30Br2O4. The van der Waals surface area contributed by atoms with Gasteiger partial charge >= 0.3 is 11.9 Å². The van der Waals surface area contributed by atoms with Gasteiger partial charge in [-0.15, -0.1) is 0 Å².